The fraction of sp³-hybridized carbons (Fsp3) is 0.263. The third-order valence-electron chi connectivity index (χ3n) is 4.74. The summed E-state index contributed by atoms with van der Waals surface area (Å²) >= 11 is 0. The third kappa shape index (κ3) is 1.94. The van der Waals surface area contributed by atoms with E-state index in [0.717, 1.165) is 17.9 Å². The van der Waals surface area contributed by atoms with Gasteiger partial charge < -0.3 is 10.1 Å². The minimum Gasteiger partial charge on any atom is -0.495 e. The summed E-state index contributed by atoms with van der Waals surface area (Å²) in [5, 5.41) is 3.74. The van der Waals surface area contributed by atoms with E-state index >= 15 is 0 Å². The Labute approximate surface area is 125 Å². The van der Waals surface area contributed by atoms with Gasteiger partial charge in [-0.25, -0.2) is 0 Å². The normalized spacial score (nSPS) is 25.9. The summed E-state index contributed by atoms with van der Waals surface area (Å²) in [4.78, 5) is 0. The van der Waals surface area contributed by atoms with Crippen LogP contribution in [0.25, 0.3) is 0 Å². The molecule has 106 valence electrons. The summed E-state index contributed by atoms with van der Waals surface area (Å²) in [7, 11) is 1.74. The number of rotatable bonds is 2. The van der Waals surface area contributed by atoms with Crippen molar-refractivity contribution in [2.45, 2.75) is 18.4 Å². The number of ether oxygens (including phenoxy) is 1. The maximum atomic E-state index is 5.56. The highest BCUT2D eigenvalue weighted by Crippen LogP contribution is 2.51. The van der Waals surface area contributed by atoms with Crippen LogP contribution in [0.1, 0.15) is 29.5 Å². The van der Waals surface area contributed by atoms with Crippen LogP contribution in [-0.4, -0.2) is 7.11 Å². The van der Waals surface area contributed by atoms with Crippen LogP contribution in [0, 0.1) is 5.92 Å². The molecule has 21 heavy (non-hydrogen) atoms. The molecule has 2 aromatic rings. The summed E-state index contributed by atoms with van der Waals surface area (Å²) in [6.07, 6.45) is 5.81. The van der Waals surface area contributed by atoms with E-state index in [4.69, 9.17) is 4.74 Å². The van der Waals surface area contributed by atoms with Gasteiger partial charge in [-0.05, 0) is 29.5 Å². The van der Waals surface area contributed by atoms with Crippen molar-refractivity contribution in [3.05, 3.63) is 71.8 Å². The fourth-order valence-corrected chi connectivity index (χ4v) is 3.75. The Hall–Kier alpha value is -2.22. The van der Waals surface area contributed by atoms with Crippen LogP contribution in [0.4, 0.5) is 5.69 Å². The first-order valence-electron chi connectivity index (χ1n) is 7.53. The Morgan fingerprint density at radius 1 is 1.05 bits per heavy atom. The van der Waals surface area contributed by atoms with Crippen molar-refractivity contribution in [3.8, 4) is 5.75 Å². The van der Waals surface area contributed by atoms with E-state index in [0.29, 0.717) is 17.9 Å². The lowest BCUT2D eigenvalue weighted by molar-refractivity contribution is 0.397. The highest BCUT2D eigenvalue weighted by Gasteiger charge is 2.38. The topological polar surface area (TPSA) is 21.3 Å². The molecule has 0 saturated carbocycles. The number of fused-ring (bicyclic) bond motifs is 3. The van der Waals surface area contributed by atoms with Crippen LogP contribution in [0.3, 0.4) is 0 Å². The van der Waals surface area contributed by atoms with Crippen LogP contribution in [0.2, 0.25) is 0 Å². The molecule has 2 nitrogen and oxygen atoms in total. The SMILES string of the molecule is COc1cccc2c1N[C@@H](c1ccccc1)[C@@H]1CC=C[C@H]21. The first-order valence-corrected chi connectivity index (χ1v) is 7.53. The zero-order chi connectivity index (χ0) is 14.2. The van der Waals surface area contributed by atoms with Gasteiger partial charge >= 0.3 is 0 Å². The lowest BCUT2D eigenvalue weighted by Gasteiger charge is -2.38. The minimum absolute atomic E-state index is 0.343. The van der Waals surface area contributed by atoms with Crippen molar-refractivity contribution in [3.63, 3.8) is 0 Å². The number of anilines is 1. The number of methoxy groups -OCH3 is 1. The van der Waals surface area contributed by atoms with Crippen LogP contribution in [-0.2, 0) is 0 Å². The zero-order valence-corrected chi connectivity index (χ0v) is 12.1. The molecule has 2 heteroatoms. The average Bonchev–Trinajstić information content (AvgIpc) is 3.04. The number of hydrogen-bond acceptors (Lipinski definition) is 2. The van der Waals surface area contributed by atoms with Gasteiger partial charge in [0.2, 0.25) is 0 Å². The highest BCUT2D eigenvalue weighted by molar-refractivity contribution is 5.67. The van der Waals surface area contributed by atoms with Gasteiger partial charge in [-0.2, -0.15) is 0 Å². The molecule has 1 aliphatic heterocycles. The summed E-state index contributed by atoms with van der Waals surface area (Å²) < 4.78 is 5.56. The quantitative estimate of drug-likeness (QED) is 0.815. The van der Waals surface area contributed by atoms with Crippen molar-refractivity contribution in [1.29, 1.82) is 0 Å². The van der Waals surface area contributed by atoms with Gasteiger partial charge in [0.15, 0.2) is 0 Å². The summed E-state index contributed by atoms with van der Waals surface area (Å²) in [6, 6.07) is 17.4. The number of benzene rings is 2. The molecule has 0 unspecified atom stereocenters. The van der Waals surface area contributed by atoms with Crippen LogP contribution >= 0.6 is 0 Å². The van der Waals surface area contributed by atoms with Crippen molar-refractivity contribution in [1.82, 2.24) is 0 Å². The van der Waals surface area contributed by atoms with E-state index in [1.54, 1.807) is 7.11 Å². The Kier molecular flexibility index (Phi) is 2.95. The van der Waals surface area contributed by atoms with Gasteiger partial charge in [0.25, 0.3) is 0 Å². The molecule has 1 N–H and O–H groups in total. The summed E-state index contributed by atoms with van der Waals surface area (Å²) in [5.41, 5.74) is 3.87. The Balaban J connectivity index is 1.83. The zero-order valence-electron chi connectivity index (χ0n) is 12.1. The second-order valence-corrected chi connectivity index (χ2v) is 5.81. The largest absolute Gasteiger partial charge is 0.495 e. The standard InChI is InChI=1S/C19H19NO/c1-21-17-12-6-11-16-14-9-5-10-15(14)18(20-19(16)17)13-7-3-2-4-8-13/h2-9,11-12,14-15,18,20H,10H2,1H3/t14-,15+,18-/m0/s1. The molecule has 2 aromatic carbocycles. The molecule has 4 rings (SSSR count). The van der Waals surface area contributed by atoms with Crippen molar-refractivity contribution < 1.29 is 4.74 Å². The molecule has 1 heterocycles. The van der Waals surface area contributed by atoms with E-state index < -0.39 is 0 Å². The van der Waals surface area contributed by atoms with E-state index in [9.17, 15) is 0 Å². The monoisotopic (exact) mass is 277 g/mol. The Bertz CT molecular complexity index is 677. The molecule has 3 atom stereocenters. The molecule has 0 saturated heterocycles. The predicted molar refractivity (Wildman–Crippen MR) is 85.8 cm³/mol. The van der Waals surface area contributed by atoms with E-state index in [2.05, 4.69) is 59.9 Å². The van der Waals surface area contributed by atoms with Crippen LogP contribution < -0.4 is 10.1 Å². The number of hydrogen-bond donors (Lipinski definition) is 1. The molecule has 0 bridgehead atoms. The lowest BCUT2D eigenvalue weighted by Crippen LogP contribution is -2.29. The highest BCUT2D eigenvalue weighted by atomic mass is 16.5. The van der Waals surface area contributed by atoms with Gasteiger partial charge in [0.1, 0.15) is 5.75 Å². The first kappa shape index (κ1) is 12.5. The van der Waals surface area contributed by atoms with Crippen LogP contribution in [0.15, 0.2) is 60.7 Å². The first-order chi connectivity index (χ1) is 10.4. The molecular formula is C19H19NO. The smallest absolute Gasteiger partial charge is 0.142 e. The fourth-order valence-electron chi connectivity index (χ4n) is 3.75. The number of nitrogens with one attached hydrogen (secondary N) is 1. The summed E-state index contributed by atoms with van der Waals surface area (Å²) in [5.74, 6) is 2.01. The van der Waals surface area contributed by atoms with Crippen molar-refractivity contribution in [2.75, 3.05) is 12.4 Å². The maximum Gasteiger partial charge on any atom is 0.142 e. The third-order valence-corrected chi connectivity index (χ3v) is 4.74. The second-order valence-electron chi connectivity index (χ2n) is 5.81. The van der Waals surface area contributed by atoms with Crippen molar-refractivity contribution >= 4 is 5.69 Å². The van der Waals surface area contributed by atoms with E-state index in [1.807, 2.05) is 6.07 Å². The number of allylic oxidation sites excluding steroid dienone is 2. The van der Waals surface area contributed by atoms with Crippen LogP contribution in [0.5, 0.6) is 5.75 Å². The molecule has 0 aromatic heterocycles. The molecule has 1 aliphatic carbocycles. The van der Waals surface area contributed by atoms with Gasteiger partial charge in [0.05, 0.1) is 18.8 Å². The predicted octanol–water partition coefficient (Wildman–Crippen LogP) is 4.52. The Morgan fingerprint density at radius 3 is 2.71 bits per heavy atom. The van der Waals surface area contributed by atoms with Gasteiger partial charge in [0, 0.05) is 5.92 Å². The lowest BCUT2D eigenvalue weighted by atomic mass is 9.77. The van der Waals surface area contributed by atoms with Gasteiger partial charge in [-0.15, -0.1) is 0 Å². The van der Waals surface area contributed by atoms with E-state index in [1.165, 1.54) is 11.1 Å². The number of para-hydroxylation sites is 1. The average molecular weight is 277 g/mol. The molecule has 0 fully saturated rings. The Morgan fingerprint density at radius 2 is 1.90 bits per heavy atom. The van der Waals surface area contributed by atoms with Gasteiger partial charge in [-0.1, -0.05) is 54.6 Å². The maximum absolute atomic E-state index is 5.56. The van der Waals surface area contributed by atoms with Crippen molar-refractivity contribution in [2.24, 2.45) is 5.92 Å². The second kappa shape index (κ2) is 4.96. The minimum atomic E-state index is 0.343. The van der Waals surface area contributed by atoms with E-state index in [-0.39, 0.29) is 0 Å². The molecule has 2 aliphatic rings. The molecule has 0 amide bonds. The molecule has 0 radical (unpaired) electrons. The molecular weight excluding hydrogens is 258 g/mol. The molecule has 0 spiro atoms. The summed E-state index contributed by atoms with van der Waals surface area (Å²) in [6.45, 7) is 0. The van der Waals surface area contributed by atoms with Gasteiger partial charge in [-0.3, -0.25) is 0 Å².